The molecule has 6 heteroatoms. The molecular weight excluding hydrogens is 200 g/mol. The van der Waals surface area contributed by atoms with Crippen LogP contribution in [0.5, 0.6) is 5.75 Å². The van der Waals surface area contributed by atoms with Crippen LogP contribution in [0.25, 0.3) is 0 Å². The third kappa shape index (κ3) is 3.10. The molecule has 0 amide bonds. The number of hydrogen-bond acceptors (Lipinski definition) is 5. The Kier molecular flexibility index (Phi) is 3.87. The first-order valence-corrected chi connectivity index (χ1v) is 4.31. The van der Waals surface area contributed by atoms with E-state index in [1.807, 2.05) is 0 Å². The van der Waals surface area contributed by atoms with Crippen LogP contribution in [0.4, 0.5) is 11.4 Å². The first kappa shape index (κ1) is 11.3. The van der Waals surface area contributed by atoms with E-state index < -0.39 is 4.92 Å². The Bertz CT molecular complexity index is 354. The average Bonchev–Trinajstić information content (AvgIpc) is 2.20. The monoisotopic (exact) mass is 212 g/mol. The molecule has 0 aliphatic rings. The van der Waals surface area contributed by atoms with Crippen LogP contribution in [0.15, 0.2) is 18.2 Å². The van der Waals surface area contributed by atoms with Gasteiger partial charge in [0, 0.05) is 13.2 Å². The maximum absolute atomic E-state index is 10.5. The third-order valence-electron chi connectivity index (χ3n) is 1.75. The Morgan fingerprint density at radius 3 is 2.80 bits per heavy atom. The maximum Gasteiger partial charge on any atom is 0.273 e. The molecule has 6 nitrogen and oxygen atoms in total. The molecule has 0 aliphatic heterocycles. The second-order valence-electron chi connectivity index (χ2n) is 2.82. The van der Waals surface area contributed by atoms with Crippen LogP contribution in [0.1, 0.15) is 0 Å². The number of rotatable bonds is 5. The molecule has 2 N–H and O–H groups in total. The van der Waals surface area contributed by atoms with E-state index in [9.17, 15) is 10.1 Å². The molecule has 1 aromatic rings. The number of nitrogen functional groups attached to an aromatic ring is 1. The van der Waals surface area contributed by atoms with Gasteiger partial charge in [-0.05, 0) is 6.07 Å². The van der Waals surface area contributed by atoms with Crippen LogP contribution in [-0.2, 0) is 4.74 Å². The molecule has 0 spiro atoms. The summed E-state index contributed by atoms with van der Waals surface area (Å²) < 4.78 is 9.99. The summed E-state index contributed by atoms with van der Waals surface area (Å²) in [5.41, 5.74) is 5.91. The SMILES string of the molecule is COCCOc1cc([N+](=O)[O-])ccc1N. The second-order valence-corrected chi connectivity index (χ2v) is 2.82. The first-order chi connectivity index (χ1) is 7.15. The van der Waals surface area contributed by atoms with Crippen molar-refractivity contribution in [2.75, 3.05) is 26.1 Å². The minimum absolute atomic E-state index is 0.0448. The summed E-state index contributed by atoms with van der Waals surface area (Å²) in [5, 5.41) is 10.5. The molecule has 0 unspecified atom stereocenters. The Morgan fingerprint density at radius 2 is 2.20 bits per heavy atom. The lowest BCUT2D eigenvalue weighted by Gasteiger charge is -2.07. The highest BCUT2D eigenvalue weighted by Crippen LogP contribution is 2.26. The normalized spacial score (nSPS) is 9.93. The predicted octanol–water partition coefficient (Wildman–Crippen LogP) is 1.20. The second kappa shape index (κ2) is 5.16. The highest BCUT2D eigenvalue weighted by atomic mass is 16.6. The summed E-state index contributed by atoms with van der Waals surface area (Å²) in [7, 11) is 1.54. The van der Waals surface area contributed by atoms with E-state index >= 15 is 0 Å². The molecule has 0 atom stereocenters. The molecule has 0 aliphatic carbocycles. The number of hydrogen-bond donors (Lipinski definition) is 1. The van der Waals surface area contributed by atoms with Crippen molar-refractivity contribution in [1.82, 2.24) is 0 Å². The summed E-state index contributed by atoms with van der Waals surface area (Å²) in [4.78, 5) is 9.98. The number of nitrogens with zero attached hydrogens (tertiary/aromatic N) is 1. The van der Waals surface area contributed by atoms with Crippen LogP contribution >= 0.6 is 0 Å². The molecule has 0 saturated heterocycles. The van der Waals surface area contributed by atoms with Gasteiger partial charge < -0.3 is 15.2 Å². The molecule has 0 bridgehead atoms. The number of benzene rings is 1. The topological polar surface area (TPSA) is 87.6 Å². The quantitative estimate of drug-likeness (QED) is 0.343. The van der Waals surface area contributed by atoms with Crippen LogP contribution in [-0.4, -0.2) is 25.2 Å². The lowest BCUT2D eigenvalue weighted by atomic mass is 10.2. The number of nitrogens with two attached hydrogens (primary N) is 1. The molecule has 0 fully saturated rings. The molecule has 0 heterocycles. The van der Waals surface area contributed by atoms with E-state index in [-0.39, 0.29) is 5.69 Å². The van der Waals surface area contributed by atoms with E-state index in [2.05, 4.69) is 0 Å². The molecular formula is C9H12N2O4. The number of anilines is 1. The summed E-state index contributed by atoms with van der Waals surface area (Å²) >= 11 is 0. The van der Waals surface area contributed by atoms with Gasteiger partial charge in [0.05, 0.1) is 23.3 Å². The first-order valence-electron chi connectivity index (χ1n) is 4.31. The van der Waals surface area contributed by atoms with E-state index in [4.69, 9.17) is 15.2 Å². The minimum Gasteiger partial charge on any atom is -0.489 e. The average molecular weight is 212 g/mol. The van der Waals surface area contributed by atoms with Crippen molar-refractivity contribution in [3.63, 3.8) is 0 Å². The van der Waals surface area contributed by atoms with Gasteiger partial charge in [0.1, 0.15) is 12.4 Å². The van der Waals surface area contributed by atoms with E-state index in [0.29, 0.717) is 24.7 Å². The van der Waals surface area contributed by atoms with Crippen LogP contribution in [0.2, 0.25) is 0 Å². The molecule has 1 rings (SSSR count). The van der Waals surface area contributed by atoms with Crippen LogP contribution in [0, 0.1) is 10.1 Å². The fourth-order valence-corrected chi connectivity index (χ4v) is 0.997. The zero-order valence-corrected chi connectivity index (χ0v) is 8.30. The summed E-state index contributed by atoms with van der Waals surface area (Å²) in [6, 6.07) is 4.07. The fraction of sp³-hybridized carbons (Fsp3) is 0.333. The lowest BCUT2D eigenvalue weighted by Crippen LogP contribution is -2.06. The van der Waals surface area contributed by atoms with E-state index in [1.54, 1.807) is 7.11 Å². The van der Waals surface area contributed by atoms with Gasteiger partial charge in [-0.1, -0.05) is 0 Å². The van der Waals surface area contributed by atoms with Crippen molar-refractivity contribution in [2.24, 2.45) is 0 Å². The van der Waals surface area contributed by atoms with Gasteiger partial charge in [-0.15, -0.1) is 0 Å². The van der Waals surface area contributed by atoms with Gasteiger partial charge in [-0.3, -0.25) is 10.1 Å². The minimum atomic E-state index is -0.497. The van der Waals surface area contributed by atoms with Crippen molar-refractivity contribution in [3.05, 3.63) is 28.3 Å². The standard InChI is InChI=1S/C9H12N2O4/c1-14-4-5-15-9-6-7(11(12)13)2-3-8(9)10/h2-3,6H,4-5,10H2,1H3. The molecule has 0 radical (unpaired) electrons. The van der Waals surface area contributed by atoms with Gasteiger partial charge in [0.25, 0.3) is 5.69 Å². The lowest BCUT2D eigenvalue weighted by molar-refractivity contribution is -0.384. The highest BCUT2D eigenvalue weighted by Gasteiger charge is 2.09. The van der Waals surface area contributed by atoms with Crippen molar-refractivity contribution >= 4 is 11.4 Å². The largest absolute Gasteiger partial charge is 0.489 e. The molecule has 15 heavy (non-hydrogen) atoms. The van der Waals surface area contributed by atoms with Gasteiger partial charge in [-0.25, -0.2) is 0 Å². The zero-order valence-electron chi connectivity index (χ0n) is 8.30. The molecule has 82 valence electrons. The summed E-state index contributed by atoms with van der Waals surface area (Å²) in [6.07, 6.45) is 0. The Morgan fingerprint density at radius 1 is 1.47 bits per heavy atom. The van der Waals surface area contributed by atoms with Crippen LogP contribution in [0.3, 0.4) is 0 Å². The van der Waals surface area contributed by atoms with Gasteiger partial charge in [-0.2, -0.15) is 0 Å². The third-order valence-corrected chi connectivity index (χ3v) is 1.75. The number of methoxy groups -OCH3 is 1. The number of nitro benzene ring substituents is 1. The zero-order chi connectivity index (χ0) is 11.3. The summed E-state index contributed by atoms with van der Waals surface area (Å²) in [5.74, 6) is 0.307. The van der Waals surface area contributed by atoms with Crippen molar-refractivity contribution in [2.45, 2.75) is 0 Å². The maximum atomic E-state index is 10.5. The fourth-order valence-electron chi connectivity index (χ4n) is 0.997. The van der Waals surface area contributed by atoms with Crippen LogP contribution < -0.4 is 10.5 Å². The van der Waals surface area contributed by atoms with Gasteiger partial charge in [0.2, 0.25) is 0 Å². The number of nitro groups is 1. The smallest absolute Gasteiger partial charge is 0.273 e. The Labute approximate surface area is 86.7 Å². The highest BCUT2D eigenvalue weighted by molar-refractivity contribution is 5.57. The van der Waals surface area contributed by atoms with Crippen molar-refractivity contribution < 1.29 is 14.4 Å². The van der Waals surface area contributed by atoms with Gasteiger partial charge in [0.15, 0.2) is 0 Å². The summed E-state index contributed by atoms with van der Waals surface area (Å²) in [6.45, 7) is 0.712. The number of non-ortho nitro benzene ring substituents is 1. The van der Waals surface area contributed by atoms with Crippen molar-refractivity contribution in [3.8, 4) is 5.75 Å². The van der Waals surface area contributed by atoms with E-state index in [1.165, 1.54) is 18.2 Å². The molecule has 0 aromatic heterocycles. The Balaban J connectivity index is 2.76. The van der Waals surface area contributed by atoms with E-state index in [0.717, 1.165) is 0 Å². The predicted molar refractivity (Wildman–Crippen MR) is 54.9 cm³/mol. The van der Waals surface area contributed by atoms with Crippen molar-refractivity contribution in [1.29, 1.82) is 0 Å². The molecule has 1 aromatic carbocycles. The number of ether oxygens (including phenoxy) is 2. The Hall–Kier alpha value is -1.82. The molecule has 0 saturated carbocycles. The van der Waals surface area contributed by atoms with Gasteiger partial charge >= 0.3 is 0 Å².